The summed E-state index contributed by atoms with van der Waals surface area (Å²) in [6, 6.07) is 16.2. The van der Waals surface area contributed by atoms with Crippen LogP contribution < -0.4 is 14.8 Å². The number of benzene rings is 2. The molecular formula is C19H17NO5S. The number of hydrogen-bond donors (Lipinski definition) is 2. The molecule has 1 fully saturated rings. The van der Waals surface area contributed by atoms with Crippen LogP contribution in [0, 0.1) is 0 Å². The highest BCUT2D eigenvalue weighted by Gasteiger charge is 2.24. The summed E-state index contributed by atoms with van der Waals surface area (Å²) < 4.78 is 11.0. The summed E-state index contributed by atoms with van der Waals surface area (Å²) in [6.07, 6.45) is 0.874. The van der Waals surface area contributed by atoms with Gasteiger partial charge in [0, 0.05) is 0 Å². The van der Waals surface area contributed by atoms with E-state index in [-0.39, 0.29) is 24.4 Å². The van der Waals surface area contributed by atoms with E-state index in [0.29, 0.717) is 16.4 Å². The molecule has 2 aromatic rings. The topological polar surface area (TPSA) is 84.9 Å². The van der Waals surface area contributed by atoms with Crippen molar-refractivity contribution >= 4 is 29.0 Å². The second-order valence-corrected chi connectivity index (χ2v) is 6.52. The Bertz CT molecular complexity index is 804. The van der Waals surface area contributed by atoms with Crippen LogP contribution >= 0.6 is 11.8 Å². The molecule has 6 nitrogen and oxygen atoms in total. The van der Waals surface area contributed by atoms with Crippen LogP contribution in [0.1, 0.15) is 5.56 Å². The van der Waals surface area contributed by atoms with Gasteiger partial charge < -0.3 is 14.6 Å². The zero-order chi connectivity index (χ0) is 18.4. The monoisotopic (exact) mass is 371 g/mol. The van der Waals surface area contributed by atoms with Crippen LogP contribution in [0.5, 0.6) is 11.5 Å². The Balaban J connectivity index is 1.47. The minimum Gasteiger partial charge on any atom is -0.491 e. The summed E-state index contributed by atoms with van der Waals surface area (Å²) in [7, 11) is 0. The first kappa shape index (κ1) is 18.0. The molecule has 1 atom stereocenters. The number of thioether (sulfide) groups is 1. The third kappa shape index (κ3) is 5.11. The van der Waals surface area contributed by atoms with E-state index in [0.717, 1.165) is 17.3 Å². The molecule has 0 bridgehead atoms. The van der Waals surface area contributed by atoms with E-state index in [9.17, 15) is 14.7 Å². The Morgan fingerprint density at radius 3 is 2.15 bits per heavy atom. The summed E-state index contributed by atoms with van der Waals surface area (Å²) in [5.74, 6) is 0.892. The number of hydrogen-bond acceptors (Lipinski definition) is 6. The van der Waals surface area contributed by atoms with Gasteiger partial charge in [0.05, 0.1) is 4.91 Å². The Labute approximate surface area is 154 Å². The van der Waals surface area contributed by atoms with Crippen LogP contribution in [0.3, 0.4) is 0 Å². The van der Waals surface area contributed by atoms with Gasteiger partial charge in [-0.05, 0) is 47.7 Å². The minimum atomic E-state index is -0.762. The van der Waals surface area contributed by atoms with Crippen LogP contribution in [0.25, 0.3) is 6.08 Å². The van der Waals surface area contributed by atoms with Gasteiger partial charge in [0.15, 0.2) is 0 Å². The predicted molar refractivity (Wildman–Crippen MR) is 99.0 cm³/mol. The fourth-order valence-corrected chi connectivity index (χ4v) is 2.86. The molecule has 0 radical (unpaired) electrons. The third-order valence-electron chi connectivity index (χ3n) is 3.45. The number of rotatable bonds is 7. The number of amides is 2. The second kappa shape index (κ2) is 8.55. The number of aliphatic hydroxyl groups excluding tert-OH is 1. The maximum absolute atomic E-state index is 11.5. The molecule has 0 aromatic heterocycles. The lowest BCUT2D eigenvalue weighted by molar-refractivity contribution is -0.115. The van der Waals surface area contributed by atoms with E-state index in [1.807, 2.05) is 30.3 Å². The summed E-state index contributed by atoms with van der Waals surface area (Å²) in [6.45, 7) is 0.231. The average Bonchev–Trinajstić information content (AvgIpc) is 2.97. The van der Waals surface area contributed by atoms with Gasteiger partial charge in [-0.15, -0.1) is 0 Å². The zero-order valence-electron chi connectivity index (χ0n) is 13.8. The van der Waals surface area contributed by atoms with Crippen molar-refractivity contribution < 1.29 is 24.2 Å². The molecule has 1 aliphatic rings. The maximum Gasteiger partial charge on any atom is 0.290 e. The summed E-state index contributed by atoms with van der Waals surface area (Å²) >= 11 is 0.874. The van der Waals surface area contributed by atoms with Crippen molar-refractivity contribution in [3.05, 3.63) is 65.1 Å². The number of imide groups is 1. The number of carbonyl (C=O) groups is 2. The molecule has 2 amide bonds. The first-order valence-electron chi connectivity index (χ1n) is 7.94. The molecule has 0 saturated carbocycles. The summed E-state index contributed by atoms with van der Waals surface area (Å²) in [5, 5.41) is 11.8. The number of aliphatic hydroxyl groups is 1. The molecule has 134 valence electrons. The van der Waals surface area contributed by atoms with Crippen molar-refractivity contribution in [2.75, 3.05) is 13.2 Å². The van der Waals surface area contributed by atoms with Crippen molar-refractivity contribution in [2.24, 2.45) is 0 Å². The molecule has 2 aromatic carbocycles. The average molecular weight is 371 g/mol. The number of nitrogens with one attached hydrogen (secondary N) is 1. The Morgan fingerprint density at radius 2 is 1.58 bits per heavy atom. The van der Waals surface area contributed by atoms with Crippen LogP contribution in [0.2, 0.25) is 0 Å². The van der Waals surface area contributed by atoms with E-state index in [1.165, 1.54) is 0 Å². The van der Waals surface area contributed by atoms with Gasteiger partial charge in [0.2, 0.25) is 0 Å². The van der Waals surface area contributed by atoms with Crippen LogP contribution in [-0.2, 0) is 4.79 Å². The molecule has 1 heterocycles. The Morgan fingerprint density at radius 1 is 0.962 bits per heavy atom. The lowest BCUT2D eigenvalue weighted by Gasteiger charge is -2.13. The molecule has 2 N–H and O–H groups in total. The standard InChI is InChI=1S/C19H17NO5S/c21-14(11-24-15-4-2-1-3-5-15)12-25-16-8-6-13(7-9-16)10-17-18(22)20-19(23)26-17/h1-10,14,21H,11-12H2,(H,20,22,23). The molecular weight excluding hydrogens is 354 g/mol. The number of ether oxygens (including phenoxy) is 2. The van der Waals surface area contributed by atoms with Crippen LogP contribution in [-0.4, -0.2) is 35.6 Å². The van der Waals surface area contributed by atoms with E-state index in [2.05, 4.69) is 5.32 Å². The first-order valence-corrected chi connectivity index (χ1v) is 8.75. The van der Waals surface area contributed by atoms with E-state index >= 15 is 0 Å². The van der Waals surface area contributed by atoms with Gasteiger partial charge in [-0.1, -0.05) is 30.3 Å². The molecule has 0 spiro atoms. The van der Waals surface area contributed by atoms with Crippen molar-refractivity contribution in [1.82, 2.24) is 5.32 Å². The van der Waals surface area contributed by atoms with Gasteiger partial charge in [-0.3, -0.25) is 14.9 Å². The van der Waals surface area contributed by atoms with Crippen molar-refractivity contribution in [2.45, 2.75) is 6.10 Å². The third-order valence-corrected chi connectivity index (χ3v) is 4.26. The lowest BCUT2D eigenvalue weighted by atomic mass is 10.2. The molecule has 3 rings (SSSR count). The maximum atomic E-state index is 11.5. The molecule has 1 unspecified atom stereocenters. The van der Waals surface area contributed by atoms with E-state index < -0.39 is 6.10 Å². The van der Waals surface area contributed by atoms with Gasteiger partial charge >= 0.3 is 0 Å². The minimum absolute atomic E-state index is 0.0973. The summed E-state index contributed by atoms with van der Waals surface area (Å²) in [4.78, 5) is 23.0. The lowest BCUT2D eigenvalue weighted by Crippen LogP contribution is -2.25. The highest BCUT2D eigenvalue weighted by atomic mass is 32.2. The largest absolute Gasteiger partial charge is 0.491 e. The molecule has 26 heavy (non-hydrogen) atoms. The summed E-state index contributed by atoms with van der Waals surface area (Å²) in [5.41, 5.74) is 0.776. The first-order chi connectivity index (χ1) is 12.6. The smallest absolute Gasteiger partial charge is 0.290 e. The second-order valence-electron chi connectivity index (χ2n) is 5.51. The van der Waals surface area contributed by atoms with Gasteiger partial charge in [-0.25, -0.2) is 0 Å². The normalized spacial score (nSPS) is 16.4. The zero-order valence-corrected chi connectivity index (χ0v) is 14.6. The highest BCUT2D eigenvalue weighted by Crippen LogP contribution is 2.26. The van der Waals surface area contributed by atoms with E-state index in [4.69, 9.17) is 9.47 Å². The highest BCUT2D eigenvalue weighted by molar-refractivity contribution is 8.18. The fourth-order valence-electron chi connectivity index (χ4n) is 2.18. The molecule has 1 aliphatic heterocycles. The van der Waals surface area contributed by atoms with Crippen molar-refractivity contribution in [1.29, 1.82) is 0 Å². The number of para-hydroxylation sites is 1. The van der Waals surface area contributed by atoms with Crippen LogP contribution in [0.15, 0.2) is 59.5 Å². The number of carbonyl (C=O) groups excluding carboxylic acids is 2. The molecule has 7 heteroatoms. The van der Waals surface area contributed by atoms with Gasteiger partial charge in [-0.2, -0.15) is 0 Å². The Kier molecular flexibility index (Phi) is 5.93. The van der Waals surface area contributed by atoms with Gasteiger partial charge in [0.25, 0.3) is 11.1 Å². The predicted octanol–water partition coefficient (Wildman–Crippen LogP) is 2.83. The van der Waals surface area contributed by atoms with Crippen molar-refractivity contribution in [3.63, 3.8) is 0 Å². The molecule has 1 saturated heterocycles. The quantitative estimate of drug-likeness (QED) is 0.728. The molecule has 0 aliphatic carbocycles. The van der Waals surface area contributed by atoms with Crippen molar-refractivity contribution in [3.8, 4) is 11.5 Å². The van der Waals surface area contributed by atoms with Gasteiger partial charge in [0.1, 0.15) is 30.8 Å². The van der Waals surface area contributed by atoms with Crippen LogP contribution in [0.4, 0.5) is 4.79 Å². The Hall–Kier alpha value is -2.77. The fraction of sp³-hybridized carbons (Fsp3) is 0.158. The SMILES string of the molecule is O=C1NC(=O)C(=Cc2ccc(OCC(O)COc3ccccc3)cc2)S1. The van der Waals surface area contributed by atoms with E-state index in [1.54, 1.807) is 30.3 Å².